The van der Waals surface area contributed by atoms with Gasteiger partial charge in [-0.3, -0.25) is 0 Å². The zero-order valence-electron chi connectivity index (χ0n) is 37.0. The molecule has 400 valence electrons. The van der Waals surface area contributed by atoms with Crippen molar-refractivity contribution in [3.8, 4) is 0 Å². The Morgan fingerprint density at radius 1 is 0.0429 bits per heavy atom. The van der Waals surface area contributed by atoms with E-state index < -0.39 is 0 Å². The normalized spacial score (nSPS) is 0. The van der Waals surface area contributed by atoms with Crippen molar-refractivity contribution in [3.05, 3.63) is 0 Å². The van der Waals surface area contributed by atoms with Crippen molar-refractivity contribution in [2.45, 2.75) is 0 Å². The van der Waals surface area contributed by atoms with E-state index in [9.17, 15) is 0 Å². The Balaban J connectivity index is 0. The molecule has 0 heterocycles. The molecule has 0 unspecified atom stereocenters. The van der Waals surface area contributed by atoms with Crippen LogP contribution in [0.5, 0.6) is 0 Å². The molecule has 0 amide bonds. The topological polar surface area (TPSA) is 1520 Å². The maximum Gasteiger partial charge on any atom is 2.00 e. The van der Waals surface area contributed by atoms with Crippen LogP contribution < -0.4 is 0 Å². The molecule has 70 heteroatoms. The van der Waals surface area contributed by atoms with Gasteiger partial charge in [-0.1, -0.05) is 0 Å². The van der Waals surface area contributed by atoms with Crippen LogP contribution >= 0.6 is 0 Å². The predicted molar refractivity (Wildman–Crippen MR) is 229 cm³/mol. The molecular formula is H60Mg20O50. The number of rotatable bonds is 0. The van der Waals surface area contributed by atoms with Gasteiger partial charge in [0.2, 0.25) is 0 Å². The zero-order chi connectivity index (χ0) is 0. The van der Waals surface area contributed by atoms with E-state index in [1.807, 2.05) is 0 Å². The molecule has 0 atom stereocenters. The second-order valence-electron chi connectivity index (χ2n) is 0. The molecule has 0 bridgehead atoms. The standard InChI is InChI=1S/20Mg.50H2O/h;;;;;;;;;;;;;;;;;;;;50*1H2/q20*+2;;;;;;;;;;;;;;;;;;;;;;;;;;;;;;;;;;;;;;;;;;;;;;;;;;/p-40. The first kappa shape index (κ1) is 3180. The molecule has 60 N–H and O–H groups in total. The van der Waals surface area contributed by atoms with E-state index >= 15 is 0 Å². The average molecular weight is 1350 g/mol. The third kappa shape index (κ3) is 2960. The van der Waals surface area contributed by atoms with Crippen LogP contribution in [-0.2, 0) is 0 Å². The Hall–Kier alpha value is 13.3. The van der Waals surface area contributed by atoms with Gasteiger partial charge in [0.25, 0.3) is 0 Å². The van der Waals surface area contributed by atoms with E-state index in [1.54, 1.807) is 0 Å². The van der Waals surface area contributed by atoms with Crippen molar-refractivity contribution in [2.24, 2.45) is 0 Å². The van der Waals surface area contributed by atoms with Gasteiger partial charge >= 0.3 is 461 Å². The molecule has 0 aliphatic heterocycles. The Labute approximate surface area is 721 Å². The Bertz CT molecular complexity index is 60.4. The fraction of sp³-hybridized carbons (Fsp3) is 0. The smallest absolute Gasteiger partial charge is 0.870 e. The van der Waals surface area contributed by atoms with E-state index in [0.717, 1.165) is 0 Å². The summed E-state index contributed by atoms with van der Waals surface area (Å²) in [4.78, 5) is 0. The fourth-order valence-corrected chi connectivity index (χ4v) is 0. The van der Waals surface area contributed by atoms with Gasteiger partial charge in [-0.2, -0.15) is 0 Å². The third-order valence-corrected chi connectivity index (χ3v) is 0. The third-order valence-electron chi connectivity index (χ3n) is 0. The van der Waals surface area contributed by atoms with Crippen LogP contribution in [-0.4, -0.2) is 735 Å². The molecule has 0 saturated heterocycles. The molecule has 0 aliphatic rings. The van der Waals surface area contributed by atoms with Crippen LogP contribution in [0.25, 0.3) is 0 Å². The van der Waals surface area contributed by atoms with Gasteiger partial charge in [0.1, 0.15) is 0 Å². The maximum absolute atomic E-state index is 0. The van der Waals surface area contributed by atoms with Crippen LogP contribution in [0.4, 0.5) is 0 Å². The van der Waals surface area contributed by atoms with Crippen molar-refractivity contribution < 1.29 is 274 Å². The molecule has 70 heavy (non-hydrogen) atoms. The van der Waals surface area contributed by atoms with Crippen LogP contribution in [0.15, 0.2) is 0 Å². The van der Waals surface area contributed by atoms with Crippen molar-refractivity contribution in [1.82, 2.24) is 0 Å². The van der Waals surface area contributed by atoms with Crippen molar-refractivity contribution in [3.63, 3.8) is 0 Å². The summed E-state index contributed by atoms with van der Waals surface area (Å²) in [5.41, 5.74) is 0. The van der Waals surface area contributed by atoms with Crippen molar-refractivity contribution in [1.29, 1.82) is 0 Å². The van der Waals surface area contributed by atoms with Gasteiger partial charge in [-0.05, 0) is 0 Å². The van der Waals surface area contributed by atoms with Gasteiger partial charge in [-0.25, -0.2) is 0 Å². The first-order chi connectivity index (χ1) is 0. The van der Waals surface area contributed by atoms with Crippen LogP contribution in [0, 0.1) is 0 Å². The van der Waals surface area contributed by atoms with Gasteiger partial charge in [0, 0.05) is 0 Å². The summed E-state index contributed by atoms with van der Waals surface area (Å²) in [6.45, 7) is 0. The van der Waals surface area contributed by atoms with Gasteiger partial charge in [0.05, 0.1) is 0 Å². The monoisotopic (exact) mass is 1340 g/mol. The summed E-state index contributed by atoms with van der Waals surface area (Å²) in [5, 5.41) is 0. The molecule has 0 spiro atoms. The van der Waals surface area contributed by atoms with Crippen LogP contribution in [0.2, 0.25) is 0 Å². The summed E-state index contributed by atoms with van der Waals surface area (Å²) in [7, 11) is 0. The van der Waals surface area contributed by atoms with E-state index in [4.69, 9.17) is 0 Å². The van der Waals surface area contributed by atoms with Crippen LogP contribution in [0.1, 0.15) is 0 Å². The quantitative estimate of drug-likeness (QED) is 0.203. The second kappa shape index (κ2) is 3070. The van der Waals surface area contributed by atoms with E-state index in [-0.39, 0.29) is 735 Å². The predicted octanol–water partition coefficient (Wildman–Crippen LogP) is -22.9. The minimum absolute atomic E-state index is 0. The molecule has 0 radical (unpaired) electrons. The molecule has 0 saturated carbocycles. The molecule has 0 rings (SSSR count). The summed E-state index contributed by atoms with van der Waals surface area (Å²) >= 11 is 0. The molecule has 0 aromatic carbocycles. The first-order valence-corrected chi connectivity index (χ1v) is 0. The van der Waals surface area contributed by atoms with E-state index in [0.29, 0.717) is 0 Å². The van der Waals surface area contributed by atoms with Gasteiger partial charge in [-0.15, -0.1) is 0 Å². The summed E-state index contributed by atoms with van der Waals surface area (Å²) < 4.78 is 0. The summed E-state index contributed by atoms with van der Waals surface area (Å²) in [6, 6.07) is 0. The molecule has 50 nitrogen and oxygen atoms in total. The average Bonchev–Trinajstić information content (AvgIpc) is 0. The Morgan fingerprint density at radius 3 is 0.0429 bits per heavy atom. The van der Waals surface area contributed by atoms with Gasteiger partial charge < -0.3 is 274 Å². The van der Waals surface area contributed by atoms with Gasteiger partial charge in [0.15, 0.2) is 0 Å². The SMILES string of the molecule is O.O.O.O.O.O.O.O.O.O.[Mg+2].[Mg+2].[Mg+2].[Mg+2].[Mg+2].[Mg+2].[Mg+2].[Mg+2].[Mg+2].[Mg+2].[Mg+2].[Mg+2].[Mg+2].[Mg+2].[Mg+2].[Mg+2].[Mg+2].[Mg+2].[Mg+2].[Mg+2].[OH-].[OH-].[OH-].[OH-].[OH-].[OH-].[OH-].[OH-].[OH-].[OH-].[OH-].[OH-].[OH-].[OH-].[OH-].[OH-].[OH-].[OH-].[OH-].[OH-].[OH-].[OH-].[OH-].[OH-].[OH-].[OH-].[OH-].[OH-].[OH-].[OH-].[OH-].[OH-].[OH-].[OH-].[OH-].[OH-].[OH-].[OH-].[OH-].[OH-]. The Kier molecular flexibility index (Phi) is 139000. The Morgan fingerprint density at radius 2 is 0.0429 bits per heavy atom. The van der Waals surface area contributed by atoms with E-state index in [2.05, 4.69) is 0 Å². The number of hydrogen-bond acceptors (Lipinski definition) is 40. The molecule has 0 aliphatic carbocycles. The maximum atomic E-state index is 0. The van der Waals surface area contributed by atoms with Crippen molar-refractivity contribution >= 4 is 461 Å². The fourth-order valence-electron chi connectivity index (χ4n) is 0. The summed E-state index contributed by atoms with van der Waals surface area (Å²) in [5.74, 6) is 0. The minimum Gasteiger partial charge on any atom is -0.870 e. The molecular weight excluding hydrogens is 1290 g/mol. The van der Waals surface area contributed by atoms with Crippen molar-refractivity contribution in [2.75, 3.05) is 0 Å². The molecule has 0 aromatic rings. The number of hydrogen-bond donors (Lipinski definition) is 0. The largest absolute Gasteiger partial charge is 2.00 e. The van der Waals surface area contributed by atoms with Crippen LogP contribution in [0.3, 0.4) is 0 Å². The summed E-state index contributed by atoms with van der Waals surface area (Å²) in [6.07, 6.45) is 0. The second-order valence-corrected chi connectivity index (χ2v) is 0. The minimum atomic E-state index is 0. The zero-order valence-corrected chi connectivity index (χ0v) is 65.3. The molecule has 0 fully saturated rings. The molecule has 0 aromatic heterocycles. The first-order valence-electron chi connectivity index (χ1n) is 0. The van der Waals surface area contributed by atoms with E-state index in [1.165, 1.54) is 0 Å².